The van der Waals surface area contributed by atoms with Crippen molar-refractivity contribution in [2.45, 2.75) is 58.7 Å². The Morgan fingerprint density at radius 3 is 2.36 bits per heavy atom. The highest BCUT2D eigenvalue weighted by atomic mass is 16.5. The van der Waals surface area contributed by atoms with E-state index in [1.54, 1.807) is 0 Å². The van der Waals surface area contributed by atoms with Gasteiger partial charge in [-0.05, 0) is 25.2 Å². The topological polar surface area (TPSA) is 29.5 Å². The van der Waals surface area contributed by atoms with E-state index in [0.717, 1.165) is 12.3 Å². The fraction of sp³-hybridized carbons (Fsp3) is 1.00. The molecule has 0 radical (unpaired) electrons. The van der Waals surface area contributed by atoms with Crippen LogP contribution in [0.1, 0.15) is 46.5 Å². The molecule has 0 saturated heterocycles. The van der Waals surface area contributed by atoms with Crippen LogP contribution in [0, 0.1) is 11.8 Å². The molecule has 0 aliphatic heterocycles. The van der Waals surface area contributed by atoms with Crippen molar-refractivity contribution >= 4 is 0 Å². The molecule has 1 aliphatic rings. The number of aliphatic hydroxyl groups is 1. The van der Waals surface area contributed by atoms with Gasteiger partial charge in [-0.3, -0.25) is 0 Å². The van der Waals surface area contributed by atoms with Crippen molar-refractivity contribution in [2.75, 3.05) is 6.61 Å². The monoisotopic (exact) mass is 200 g/mol. The van der Waals surface area contributed by atoms with Crippen LogP contribution in [0.4, 0.5) is 0 Å². The normalized spacial score (nSPS) is 22.1. The van der Waals surface area contributed by atoms with Gasteiger partial charge in [0.05, 0.1) is 12.2 Å². The molecule has 0 aromatic carbocycles. The van der Waals surface area contributed by atoms with Crippen molar-refractivity contribution in [3.05, 3.63) is 0 Å². The molecule has 0 spiro atoms. The van der Waals surface area contributed by atoms with Crippen molar-refractivity contribution in [3.8, 4) is 0 Å². The average molecular weight is 200 g/mol. The van der Waals surface area contributed by atoms with Gasteiger partial charge in [0, 0.05) is 6.61 Å². The van der Waals surface area contributed by atoms with Gasteiger partial charge in [0.15, 0.2) is 0 Å². The Hall–Kier alpha value is -0.0800. The summed E-state index contributed by atoms with van der Waals surface area (Å²) in [4.78, 5) is 0. The van der Waals surface area contributed by atoms with Crippen molar-refractivity contribution in [3.63, 3.8) is 0 Å². The summed E-state index contributed by atoms with van der Waals surface area (Å²) in [6.07, 6.45) is 4.64. The second kappa shape index (κ2) is 5.72. The Bertz CT molecular complexity index is 152. The molecule has 1 saturated carbocycles. The molecule has 2 atom stereocenters. The van der Waals surface area contributed by atoms with E-state index < -0.39 is 0 Å². The molecule has 2 heteroatoms. The molecule has 1 N–H and O–H groups in total. The van der Waals surface area contributed by atoms with Crippen LogP contribution in [-0.2, 0) is 4.74 Å². The van der Waals surface area contributed by atoms with Gasteiger partial charge in [0.2, 0.25) is 0 Å². The zero-order valence-electron chi connectivity index (χ0n) is 9.70. The molecule has 0 bridgehead atoms. The van der Waals surface area contributed by atoms with Gasteiger partial charge in [0.1, 0.15) is 0 Å². The van der Waals surface area contributed by atoms with E-state index in [9.17, 15) is 5.11 Å². The van der Waals surface area contributed by atoms with E-state index in [2.05, 4.69) is 13.8 Å². The summed E-state index contributed by atoms with van der Waals surface area (Å²) < 4.78 is 5.58. The molecule has 2 unspecified atom stereocenters. The summed E-state index contributed by atoms with van der Waals surface area (Å²) in [5.74, 6) is 1.16. The van der Waals surface area contributed by atoms with Crippen LogP contribution >= 0.6 is 0 Å². The van der Waals surface area contributed by atoms with Crippen molar-refractivity contribution in [2.24, 2.45) is 11.8 Å². The number of ether oxygens (including phenoxy) is 1. The second-order valence-corrected chi connectivity index (χ2v) is 4.76. The van der Waals surface area contributed by atoms with Crippen molar-refractivity contribution in [1.29, 1.82) is 0 Å². The lowest BCUT2D eigenvalue weighted by molar-refractivity contribution is -0.0686. The Kier molecular flexibility index (Phi) is 4.90. The Labute approximate surface area is 87.7 Å². The van der Waals surface area contributed by atoms with Gasteiger partial charge in [0.25, 0.3) is 0 Å². The second-order valence-electron chi connectivity index (χ2n) is 4.76. The van der Waals surface area contributed by atoms with E-state index in [-0.39, 0.29) is 12.2 Å². The molecule has 84 valence electrons. The number of aliphatic hydroxyl groups excluding tert-OH is 1. The van der Waals surface area contributed by atoms with Gasteiger partial charge in [-0.1, -0.05) is 33.1 Å². The first kappa shape index (κ1) is 12.0. The standard InChI is InChI=1S/C12H24O2/c1-4-14-12(9(2)3)11(13)8-10-6-5-7-10/h9-13H,4-8H2,1-3H3. The van der Waals surface area contributed by atoms with Crippen molar-refractivity contribution in [1.82, 2.24) is 0 Å². The third kappa shape index (κ3) is 3.25. The van der Waals surface area contributed by atoms with Gasteiger partial charge in [-0.15, -0.1) is 0 Å². The summed E-state index contributed by atoms with van der Waals surface area (Å²) in [6, 6.07) is 0. The van der Waals surface area contributed by atoms with Crippen LogP contribution in [0.5, 0.6) is 0 Å². The predicted octanol–water partition coefficient (Wildman–Crippen LogP) is 2.60. The van der Waals surface area contributed by atoms with Gasteiger partial charge < -0.3 is 9.84 Å². The van der Waals surface area contributed by atoms with E-state index in [1.807, 2.05) is 6.92 Å². The molecule has 2 nitrogen and oxygen atoms in total. The van der Waals surface area contributed by atoms with Crippen molar-refractivity contribution < 1.29 is 9.84 Å². The van der Waals surface area contributed by atoms with Crippen LogP contribution in [0.15, 0.2) is 0 Å². The third-order valence-corrected chi connectivity index (χ3v) is 3.19. The fourth-order valence-corrected chi connectivity index (χ4v) is 2.14. The smallest absolute Gasteiger partial charge is 0.0856 e. The lowest BCUT2D eigenvalue weighted by Gasteiger charge is -2.32. The lowest BCUT2D eigenvalue weighted by atomic mass is 9.79. The van der Waals surface area contributed by atoms with Gasteiger partial charge in [-0.2, -0.15) is 0 Å². The van der Waals surface area contributed by atoms with E-state index in [0.29, 0.717) is 12.5 Å². The van der Waals surface area contributed by atoms with Crippen LogP contribution in [-0.4, -0.2) is 23.9 Å². The summed E-state index contributed by atoms with van der Waals surface area (Å²) in [5, 5.41) is 10.0. The number of hydrogen-bond donors (Lipinski definition) is 1. The largest absolute Gasteiger partial charge is 0.390 e. The molecule has 14 heavy (non-hydrogen) atoms. The lowest BCUT2D eigenvalue weighted by Crippen LogP contribution is -2.36. The molecule has 0 aromatic rings. The Balaban J connectivity index is 2.32. The molecule has 1 aliphatic carbocycles. The minimum atomic E-state index is -0.264. The SMILES string of the molecule is CCOC(C(C)C)C(O)CC1CCC1. The van der Waals surface area contributed by atoms with Crippen LogP contribution in [0.3, 0.4) is 0 Å². The summed E-state index contributed by atoms with van der Waals surface area (Å²) in [7, 11) is 0. The van der Waals surface area contributed by atoms with Crippen LogP contribution in [0.2, 0.25) is 0 Å². The first-order valence-electron chi connectivity index (χ1n) is 5.94. The minimum Gasteiger partial charge on any atom is -0.390 e. The maximum absolute atomic E-state index is 10.0. The predicted molar refractivity (Wildman–Crippen MR) is 58.2 cm³/mol. The maximum Gasteiger partial charge on any atom is 0.0856 e. The first-order valence-corrected chi connectivity index (χ1v) is 5.94. The average Bonchev–Trinajstić information content (AvgIpc) is 2.06. The highest BCUT2D eigenvalue weighted by Crippen LogP contribution is 2.32. The molecular weight excluding hydrogens is 176 g/mol. The zero-order chi connectivity index (χ0) is 10.6. The quantitative estimate of drug-likeness (QED) is 0.714. The molecular formula is C12H24O2. The highest BCUT2D eigenvalue weighted by molar-refractivity contribution is 4.79. The Morgan fingerprint density at radius 1 is 1.36 bits per heavy atom. The summed E-state index contributed by atoms with van der Waals surface area (Å²) >= 11 is 0. The fourth-order valence-electron chi connectivity index (χ4n) is 2.14. The van der Waals surface area contributed by atoms with E-state index in [1.165, 1.54) is 19.3 Å². The van der Waals surface area contributed by atoms with Crippen LogP contribution < -0.4 is 0 Å². The maximum atomic E-state index is 10.0. The van der Waals surface area contributed by atoms with E-state index >= 15 is 0 Å². The molecule has 0 heterocycles. The van der Waals surface area contributed by atoms with E-state index in [4.69, 9.17) is 4.74 Å². The molecule has 1 fully saturated rings. The Morgan fingerprint density at radius 2 is 2.00 bits per heavy atom. The summed E-state index contributed by atoms with van der Waals surface area (Å²) in [6.45, 7) is 6.92. The van der Waals surface area contributed by atoms with Crippen LogP contribution in [0.25, 0.3) is 0 Å². The number of rotatable bonds is 6. The first-order chi connectivity index (χ1) is 6.65. The minimum absolute atomic E-state index is 0.0283. The number of hydrogen-bond acceptors (Lipinski definition) is 2. The van der Waals surface area contributed by atoms with Gasteiger partial charge in [-0.25, -0.2) is 0 Å². The zero-order valence-corrected chi connectivity index (χ0v) is 9.70. The highest BCUT2D eigenvalue weighted by Gasteiger charge is 2.28. The third-order valence-electron chi connectivity index (χ3n) is 3.19. The molecule has 0 aromatic heterocycles. The van der Waals surface area contributed by atoms with Gasteiger partial charge >= 0.3 is 0 Å². The molecule has 1 rings (SSSR count). The summed E-state index contributed by atoms with van der Waals surface area (Å²) in [5.41, 5.74) is 0. The molecule has 0 amide bonds.